The van der Waals surface area contributed by atoms with Crippen LogP contribution in [0.2, 0.25) is 0 Å². The normalized spacial score (nSPS) is 17.3. The van der Waals surface area contributed by atoms with Gasteiger partial charge < -0.3 is 15.5 Å². The first kappa shape index (κ1) is 11.5. The SMILES string of the molecule is NCc1cc(C(=O)NC2CCSCC2)co1. The molecule has 1 aromatic rings. The maximum atomic E-state index is 11.8. The van der Waals surface area contributed by atoms with Gasteiger partial charge in [-0.2, -0.15) is 11.8 Å². The largest absolute Gasteiger partial charge is 0.467 e. The number of amides is 1. The summed E-state index contributed by atoms with van der Waals surface area (Å²) >= 11 is 1.94. The second kappa shape index (κ2) is 5.41. The van der Waals surface area contributed by atoms with Gasteiger partial charge in [0.25, 0.3) is 5.91 Å². The Labute approximate surface area is 98.9 Å². The summed E-state index contributed by atoms with van der Waals surface area (Å²) in [5.74, 6) is 2.85. The topological polar surface area (TPSA) is 68.3 Å². The molecule has 1 aliphatic rings. The van der Waals surface area contributed by atoms with Gasteiger partial charge in [-0.3, -0.25) is 4.79 Å². The van der Waals surface area contributed by atoms with Crippen LogP contribution in [-0.2, 0) is 6.54 Å². The lowest BCUT2D eigenvalue weighted by atomic mass is 10.1. The van der Waals surface area contributed by atoms with Gasteiger partial charge in [-0.05, 0) is 30.4 Å². The molecule has 0 radical (unpaired) electrons. The zero-order valence-corrected chi connectivity index (χ0v) is 9.89. The van der Waals surface area contributed by atoms with Crippen molar-refractivity contribution in [3.05, 3.63) is 23.7 Å². The van der Waals surface area contributed by atoms with Crippen molar-refractivity contribution in [2.75, 3.05) is 11.5 Å². The molecule has 88 valence electrons. The van der Waals surface area contributed by atoms with Gasteiger partial charge >= 0.3 is 0 Å². The summed E-state index contributed by atoms with van der Waals surface area (Å²) < 4.78 is 5.13. The Morgan fingerprint density at radius 2 is 2.31 bits per heavy atom. The summed E-state index contributed by atoms with van der Waals surface area (Å²) in [6, 6.07) is 2.01. The molecule has 2 rings (SSSR count). The van der Waals surface area contributed by atoms with Crippen molar-refractivity contribution in [2.24, 2.45) is 5.73 Å². The Balaban J connectivity index is 1.91. The van der Waals surface area contributed by atoms with E-state index in [9.17, 15) is 4.79 Å². The number of thioether (sulfide) groups is 1. The molecule has 1 amide bonds. The third-order valence-corrected chi connectivity index (χ3v) is 3.72. The Kier molecular flexibility index (Phi) is 3.90. The standard InChI is InChI=1S/C11H16N2O2S/c12-6-10-5-8(7-15-10)11(14)13-9-1-3-16-4-2-9/h5,7,9H,1-4,6,12H2,(H,13,14). The number of hydrogen-bond acceptors (Lipinski definition) is 4. The molecule has 1 aromatic heterocycles. The minimum atomic E-state index is -0.0552. The van der Waals surface area contributed by atoms with Crippen LogP contribution in [0.1, 0.15) is 29.0 Å². The molecule has 0 unspecified atom stereocenters. The monoisotopic (exact) mass is 240 g/mol. The van der Waals surface area contributed by atoms with E-state index in [0.717, 1.165) is 24.3 Å². The fraction of sp³-hybridized carbons (Fsp3) is 0.545. The molecule has 4 nitrogen and oxygen atoms in total. The van der Waals surface area contributed by atoms with Crippen LogP contribution in [0.3, 0.4) is 0 Å². The Bertz CT molecular complexity index is 359. The molecule has 2 heterocycles. The summed E-state index contributed by atoms with van der Waals surface area (Å²) in [7, 11) is 0. The van der Waals surface area contributed by atoms with Gasteiger partial charge in [0.1, 0.15) is 12.0 Å². The van der Waals surface area contributed by atoms with Crippen LogP contribution in [0.15, 0.2) is 16.7 Å². The van der Waals surface area contributed by atoms with Gasteiger partial charge in [0.2, 0.25) is 0 Å². The first-order valence-corrected chi connectivity index (χ1v) is 6.61. The van der Waals surface area contributed by atoms with Gasteiger partial charge in [-0.25, -0.2) is 0 Å². The summed E-state index contributed by atoms with van der Waals surface area (Å²) in [6.07, 6.45) is 3.57. The second-order valence-corrected chi connectivity index (χ2v) is 5.09. The molecule has 3 N–H and O–H groups in total. The first-order valence-electron chi connectivity index (χ1n) is 5.45. The lowest BCUT2D eigenvalue weighted by Gasteiger charge is -2.22. The zero-order chi connectivity index (χ0) is 11.4. The molecular formula is C11H16N2O2S. The number of nitrogens with one attached hydrogen (secondary N) is 1. The second-order valence-electron chi connectivity index (χ2n) is 3.87. The highest BCUT2D eigenvalue weighted by atomic mass is 32.2. The van der Waals surface area contributed by atoms with Crippen LogP contribution in [0, 0.1) is 0 Å². The molecule has 0 saturated carbocycles. The number of hydrogen-bond donors (Lipinski definition) is 2. The van der Waals surface area contributed by atoms with Gasteiger partial charge in [0, 0.05) is 6.04 Å². The number of carbonyl (C=O) groups excluding carboxylic acids is 1. The van der Waals surface area contributed by atoms with E-state index < -0.39 is 0 Å². The molecule has 1 fully saturated rings. The molecule has 16 heavy (non-hydrogen) atoms. The highest BCUT2D eigenvalue weighted by Crippen LogP contribution is 2.17. The van der Waals surface area contributed by atoms with Gasteiger partial charge in [-0.15, -0.1) is 0 Å². The van der Waals surface area contributed by atoms with E-state index in [1.54, 1.807) is 6.07 Å². The lowest BCUT2D eigenvalue weighted by molar-refractivity contribution is 0.0934. The number of carbonyl (C=O) groups is 1. The molecule has 0 atom stereocenters. The quantitative estimate of drug-likeness (QED) is 0.837. The minimum Gasteiger partial charge on any atom is -0.467 e. The Morgan fingerprint density at radius 1 is 1.56 bits per heavy atom. The average Bonchev–Trinajstić information content (AvgIpc) is 2.79. The predicted octanol–water partition coefficient (Wildman–Crippen LogP) is 1.36. The molecule has 1 aliphatic heterocycles. The van der Waals surface area contributed by atoms with Crippen molar-refractivity contribution in [1.29, 1.82) is 0 Å². The van der Waals surface area contributed by atoms with Crippen LogP contribution < -0.4 is 11.1 Å². The summed E-state index contributed by atoms with van der Waals surface area (Å²) in [6.45, 7) is 0.327. The molecule has 1 saturated heterocycles. The summed E-state index contributed by atoms with van der Waals surface area (Å²) in [4.78, 5) is 11.8. The van der Waals surface area contributed by atoms with E-state index in [1.165, 1.54) is 6.26 Å². The smallest absolute Gasteiger partial charge is 0.254 e. The van der Waals surface area contributed by atoms with Gasteiger partial charge in [0.15, 0.2) is 0 Å². The van der Waals surface area contributed by atoms with Crippen LogP contribution in [0.5, 0.6) is 0 Å². The average molecular weight is 240 g/mol. The van der Waals surface area contributed by atoms with Crippen molar-refractivity contribution in [3.8, 4) is 0 Å². The molecular weight excluding hydrogens is 224 g/mol. The van der Waals surface area contributed by atoms with Crippen molar-refractivity contribution < 1.29 is 9.21 Å². The lowest BCUT2D eigenvalue weighted by Crippen LogP contribution is -2.37. The molecule has 0 spiro atoms. The van der Waals surface area contributed by atoms with E-state index in [0.29, 0.717) is 23.9 Å². The predicted molar refractivity (Wildman–Crippen MR) is 64.4 cm³/mol. The first-order chi connectivity index (χ1) is 7.79. The number of furan rings is 1. The number of rotatable bonds is 3. The van der Waals surface area contributed by atoms with Crippen molar-refractivity contribution in [1.82, 2.24) is 5.32 Å². The summed E-state index contributed by atoms with van der Waals surface area (Å²) in [5.41, 5.74) is 5.99. The Morgan fingerprint density at radius 3 is 2.94 bits per heavy atom. The molecule has 0 aromatic carbocycles. The number of nitrogens with two attached hydrogens (primary N) is 1. The van der Waals surface area contributed by atoms with E-state index in [4.69, 9.17) is 10.2 Å². The van der Waals surface area contributed by atoms with Crippen molar-refractivity contribution in [3.63, 3.8) is 0 Å². The van der Waals surface area contributed by atoms with E-state index in [2.05, 4.69) is 5.32 Å². The summed E-state index contributed by atoms with van der Waals surface area (Å²) in [5, 5.41) is 3.02. The maximum absolute atomic E-state index is 11.8. The third-order valence-electron chi connectivity index (χ3n) is 2.67. The highest BCUT2D eigenvalue weighted by Gasteiger charge is 2.17. The molecule has 0 aliphatic carbocycles. The third kappa shape index (κ3) is 2.80. The van der Waals surface area contributed by atoms with Crippen LogP contribution in [0.25, 0.3) is 0 Å². The highest BCUT2D eigenvalue weighted by molar-refractivity contribution is 7.99. The van der Waals surface area contributed by atoms with Crippen LogP contribution in [-0.4, -0.2) is 23.5 Å². The maximum Gasteiger partial charge on any atom is 0.254 e. The molecule has 0 bridgehead atoms. The van der Waals surface area contributed by atoms with Gasteiger partial charge in [0.05, 0.1) is 12.1 Å². The fourth-order valence-corrected chi connectivity index (χ4v) is 2.82. The minimum absolute atomic E-state index is 0.0552. The van der Waals surface area contributed by atoms with E-state index in [-0.39, 0.29) is 5.91 Å². The van der Waals surface area contributed by atoms with Crippen LogP contribution >= 0.6 is 11.8 Å². The van der Waals surface area contributed by atoms with Gasteiger partial charge in [-0.1, -0.05) is 0 Å². The van der Waals surface area contributed by atoms with Crippen molar-refractivity contribution >= 4 is 17.7 Å². The molecule has 5 heteroatoms. The van der Waals surface area contributed by atoms with E-state index >= 15 is 0 Å². The van der Waals surface area contributed by atoms with Crippen LogP contribution in [0.4, 0.5) is 0 Å². The Hall–Kier alpha value is -0.940. The zero-order valence-electron chi connectivity index (χ0n) is 9.07. The fourth-order valence-electron chi connectivity index (χ4n) is 1.72. The van der Waals surface area contributed by atoms with E-state index in [1.807, 2.05) is 11.8 Å². The van der Waals surface area contributed by atoms with Crippen molar-refractivity contribution in [2.45, 2.75) is 25.4 Å².